The average molecular weight is 1160 g/mol. The number of fused-ring (bicyclic) bond motifs is 6. The molecular weight excluding hydrogens is 1080 g/mol. The minimum Gasteiger partial charge on any atom is -0.481 e. The van der Waals surface area contributed by atoms with E-state index >= 15 is 0 Å². The second-order valence-corrected chi connectivity index (χ2v) is 22.1. The summed E-state index contributed by atoms with van der Waals surface area (Å²) in [6.45, 7) is 13.1. The number of benzene rings is 2. The number of aliphatic hydroxyl groups is 1. The van der Waals surface area contributed by atoms with E-state index < -0.39 is 95.4 Å². The maximum atomic E-state index is 14.3. The van der Waals surface area contributed by atoms with Crippen LogP contribution in [-0.4, -0.2) is 182 Å². The third-order valence-corrected chi connectivity index (χ3v) is 16.1. The monoisotopic (exact) mass is 1160 g/mol. The standard InChI is InChI=1S/C59H82ClN7O15/c1-11-64(7)35-42-32-41-16-12-13-17-44(41)67(42)24-21-49(68)62-43(19-20-52(71)72)55(73)61-23-26-79-28-27-78-25-22-50(69)65(8)39(5)56(74)81-48-33-51(70)66(9)45-31-40(30-37(3)53(45)60)29-36(2)15-14-18-47(77-10)59(76)34-46(80-57(75)63-59)38(4)54-58(48,6)82-54/h12-18,30-32,38-39,43,46-48,54,76H,11,19-29,33-35H2,1-10H3,(H,61,73)(H,62,68)(H,63,75)(H,71,72)/b18-14+,36-15+/t38-,39+,43+,46+,47-,48+,54?,58+,59-/m1/s1. The number of nitrogens with one attached hydrogen (secondary N) is 3. The molecule has 82 heavy (non-hydrogen) atoms. The van der Waals surface area contributed by atoms with Gasteiger partial charge in [-0.3, -0.25) is 29.3 Å². The number of allylic oxidation sites excluding steroid dienone is 3. The van der Waals surface area contributed by atoms with Crippen molar-refractivity contribution in [3.8, 4) is 0 Å². The number of epoxide rings is 1. The number of methoxy groups -OCH3 is 1. The number of aryl methyl sites for hydroxylation is 2. The highest BCUT2D eigenvalue weighted by Crippen LogP contribution is 2.49. The van der Waals surface area contributed by atoms with Gasteiger partial charge in [0.05, 0.1) is 56.1 Å². The van der Waals surface area contributed by atoms with E-state index in [-0.39, 0.29) is 71.5 Å². The molecule has 2 aromatic carbocycles. The van der Waals surface area contributed by atoms with Crippen LogP contribution >= 0.6 is 11.6 Å². The van der Waals surface area contributed by atoms with Gasteiger partial charge in [-0.1, -0.05) is 73.5 Å². The molecule has 0 radical (unpaired) electrons. The number of ether oxygens (including phenoxy) is 6. The molecule has 3 aliphatic heterocycles. The molecule has 0 aliphatic carbocycles. The predicted octanol–water partition coefficient (Wildman–Crippen LogP) is 5.20. The summed E-state index contributed by atoms with van der Waals surface area (Å²) in [7, 11) is 6.48. The van der Waals surface area contributed by atoms with Crippen LogP contribution in [0.4, 0.5) is 10.5 Å². The van der Waals surface area contributed by atoms with E-state index in [1.807, 2.05) is 63.4 Å². The Morgan fingerprint density at radius 1 is 1.01 bits per heavy atom. The number of hydrogen-bond donors (Lipinski definition) is 5. The van der Waals surface area contributed by atoms with E-state index in [1.165, 1.54) is 30.9 Å². The number of esters is 1. The summed E-state index contributed by atoms with van der Waals surface area (Å²) in [6.07, 6.45) is 0.202. The Kier molecular flexibility index (Phi) is 23.1. The molecule has 3 aromatic rings. The minimum atomic E-state index is -1.87. The highest BCUT2D eigenvalue weighted by molar-refractivity contribution is 6.34. The van der Waals surface area contributed by atoms with Crippen LogP contribution in [0.3, 0.4) is 0 Å². The fourth-order valence-corrected chi connectivity index (χ4v) is 10.6. The zero-order valence-electron chi connectivity index (χ0n) is 48.8. The second-order valence-electron chi connectivity index (χ2n) is 21.8. The van der Waals surface area contributed by atoms with E-state index in [0.717, 1.165) is 39.8 Å². The molecule has 22 nitrogen and oxygen atoms in total. The first-order valence-electron chi connectivity index (χ1n) is 27.9. The van der Waals surface area contributed by atoms with E-state index in [9.17, 15) is 43.8 Å². The summed E-state index contributed by atoms with van der Waals surface area (Å²) in [4.78, 5) is 97.4. The van der Waals surface area contributed by atoms with Gasteiger partial charge in [0.25, 0.3) is 0 Å². The largest absolute Gasteiger partial charge is 0.481 e. The average Bonchev–Trinajstić information content (AvgIpc) is 4.23. The van der Waals surface area contributed by atoms with E-state index in [2.05, 4.69) is 38.4 Å². The third-order valence-electron chi connectivity index (χ3n) is 15.6. The molecule has 5 N–H and O–H groups in total. The van der Waals surface area contributed by atoms with Gasteiger partial charge in [-0.25, -0.2) is 9.59 Å². The number of carboxylic acid groups (broad SMARTS) is 1. The van der Waals surface area contributed by atoms with Gasteiger partial charge in [0.2, 0.25) is 23.6 Å². The van der Waals surface area contributed by atoms with Gasteiger partial charge in [0.1, 0.15) is 36.0 Å². The summed E-state index contributed by atoms with van der Waals surface area (Å²) < 4.78 is 37.2. The van der Waals surface area contributed by atoms with Crippen LogP contribution in [0, 0.1) is 12.8 Å². The van der Waals surface area contributed by atoms with Crippen LogP contribution < -0.4 is 20.9 Å². The molecule has 450 valence electrons. The number of rotatable bonds is 24. The maximum absolute atomic E-state index is 14.3. The van der Waals surface area contributed by atoms with Crippen molar-refractivity contribution in [2.45, 2.75) is 147 Å². The maximum Gasteiger partial charge on any atom is 0.409 e. The lowest BCUT2D eigenvalue weighted by atomic mass is 9.83. The molecule has 5 amide bonds. The Morgan fingerprint density at radius 3 is 2.44 bits per heavy atom. The SMILES string of the molecule is CCN(C)Cc1cc2ccccc2n1CCC(=O)N[C@@H](CCC(=O)O)C(=O)NCCOCCOCCC(=O)N(C)[C@@H](C)C(=O)O[C@H]1CC(=O)N(C)c2cc(cc(C)c2Cl)C/C(C)=C/C=C/[C@@H](OC)[C@]2(O)C[C@H](OC(=O)N2)[C@@H](C)C2O[C@]21C. The highest BCUT2D eigenvalue weighted by atomic mass is 35.5. The predicted molar refractivity (Wildman–Crippen MR) is 306 cm³/mol. The molecule has 3 aliphatic rings. The lowest BCUT2D eigenvalue weighted by Crippen LogP contribution is -2.63. The van der Waals surface area contributed by atoms with Gasteiger partial charge in [0, 0.05) is 77.2 Å². The fraction of sp³-hybridized carbons (Fsp3) is 0.576. The number of carbonyl (C=O) groups is 7. The second kappa shape index (κ2) is 29.2. The molecule has 6 rings (SSSR count). The number of halogens is 1. The number of amides is 5. The van der Waals surface area contributed by atoms with Gasteiger partial charge in [-0.15, -0.1) is 0 Å². The molecule has 0 saturated carbocycles. The molecule has 4 heterocycles. The summed E-state index contributed by atoms with van der Waals surface area (Å²) in [5.41, 5.74) is 1.90. The number of carboxylic acids is 1. The van der Waals surface area contributed by atoms with Crippen molar-refractivity contribution in [3.63, 3.8) is 0 Å². The summed E-state index contributed by atoms with van der Waals surface area (Å²) in [5.74, 6) is -4.30. The van der Waals surface area contributed by atoms with Crippen molar-refractivity contribution < 1.29 is 72.2 Å². The number of likely N-dealkylation sites (N-methyl/N-ethyl adjacent to an activating group) is 1. The first-order chi connectivity index (χ1) is 38.9. The van der Waals surface area contributed by atoms with Gasteiger partial charge in [-0.2, -0.15) is 0 Å². The van der Waals surface area contributed by atoms with Gasteiger partial charge >= 0.3 is 18.0 Å². The number of para-hydroxylation sites is 1. The number of nitrogens with zero attached hydrogens (tertiary/aromatic N) is 4. The number of hydrogen-bond acceptors (Lipinski definition) is 15. The molecule has 2 fully saturated rings. The fourth-order valence-electron chi connectivity index (χ4n) is 10.3. The summed E-state index contributed by atoms with van der Waals surface area (Å²) in [6, 6.07) is 11.6. The highest BCUT2D eigenvalue weighted by Gasteiger charge is 2.64. The Balaban J connectivity index is 0.993. The Bertz CT molecular complexity index is 2840. The van der Waals surface area contributed by atoms with Crippen LogP contribution in [0.1, 0.15) is 90.0 Å². The van der Waals surface area contributed by atoms with Gasteiger partial charge in [-0.05, 0) is 88.8 Å². The van der Waals surface area contributed by atoms with Crippen molar-refractivity contribution in [1.29, 1.82) is 0 Å². The zero-order valence-corrected chi connectivity index (χ0v) is 49.5. The topological polar surface area (TPSA) is 269 Å². The Labute approximate surface area is 484 Å². The number of carbonyl (C=O) groups excluding carboxylic acids is 6. The first kappa shape index (κ1) is 64.8. The first-order valence-corrected chi connectivity index (χ1v) is 28.2. The van der Waals surface area contributed by atoms with Gasteiger partial charge < -0.3 is 68.5 Å². The number of alkyl carbamates (subject to hydrolysis) is 1. The molecule has 2 saturated heterocycles. The van der Waals surface area contributed by atoms with Crippen LogP contribution in [0.2, 0.25) is 5.02 Å². The zero-order chi connectivity index (χ0) is 60.1. The molecule has 4 bridgehead atoms. The molecule has 0 spiro atoms. The third kappa shape index (κ3) is 16.9. The van der Waals surface area contributed by atoms with Crippen molar-refractivity contribution in [2.24, 2.45) is 5.92 Å². The molecule has 1 unspecified atom stereocenters. The summed E-state index contributed by atoms with van der Waals surface area (Å²) in [5, 5.41) is 30.6. The number of aliphatic carboxylic acids is 1. The quantitative estimate of drug-likeness (QED) is 0.0438. The lowest BCUT2D eigenvalue weighted by molar-refractivity contribution is -0.162. The minimum absolute atomic E-state index is 0.0144. The van der Waals surface area contributed by atoms with Crippen LogP contribution in [0.15, 0.2) is 66.3 Å². The van der Waals surface area contributed by atoms with E-state index in [4.69, 9.17) is 40.0 Å². The Hall–Kier alpha value is -6.40. The van der Waals surface area contributed by atoms with Crippen molar-refractivity contribution in [1.82, 2.24) is 30.3 Å². The van der Waals surface area contributed by atoms with Gasteiger partial charge in [0.15, 0.2) is 5.72 Å². The summed E-state index contributed by atoms with van der Waals surface area (Å²) >= 11 is 6.83. The molecule has 23 heteroatoms. The van der Waals surface area contributed by atoms with Crippen LogP contribution in [0.25, 0.3) is 10.9 Å². The number of aromatic nitrogens is 1. The van der Waals surface area contributed by atoms with Crippen LogP contribution in [0.5, 0.6) is 0 Å². The molecule has 1 aromatic heterocycles. The van der Waals surface area contributed by atoms with Crippen LogP contribution in [-0.2, 0) is 76.7 Å². The molecular formula is C59H82ClN7O15. The van der Waals surface area contributed by atoms with Crippen molar-refractivity contribution in [2.75, 3.05) is 72.7 Å². The number of anilines is 1. The van der Waals surface area contributed by atoms with Crippen molar-refractivity contribution >= 4 is 69.9 Å². The molecule has 9 atom stereocenters. The van der Waals surface area contributed by atoms with E-state index in [0.29, 0.717) is 30.2 Å². The lowest BCUT2D eigenvalue weighted by Gasteiger charge is -2.42. The van der Waals surface area contributed by atoms with E-state index in [1.54, 1.807) is 33.0 Å². The Morgan fingerprint density at radius 2 is 1.73 bits per heavy atom. The normalized spacial score (nSPS) is 24.7. The van der Waals surface area contributed by atoms with Crippen molar-refractivity contribution in [3.05, 3.63) is 88.1 Å². The smallest absolute Gasteiger partial charge is 0.409 e.